The molecule has 49 heavy (non-hydrogen) atoms. The molecule has 3 atom stereocenters. The average molecular weight is 687 g/mol. The third kappa shape index (κ3) is 5.78. The monoisotopic (exact) mass is 686 g/mol. The molecule has 4 saturated heterocycles. The fourth-order valence-electron chi connectivity index (χ4n) is 8.27. The third-order valence-corrected chi connectivity index (χ3v) is 10.5. The molecule has 0 saturated carbocycles. The van der Waals surface area contributed by atoms with E-state index < -0.39 is 51.4 Å². The minimum Gasteiger partial charge on any atom is -0.461 e. The van der Waals surface area contributed by atoms with E-state index in [2.05, 4.69) is 27.0 Å². The number of halogens is 5. The van der Waals surface area contributed by atoms with Crippen molar-refractivity contribution in [3.63, 3.8) is 0 Å². The summed E-state index contributed by atoms with van der Waals surface area (Å²) in [6, 6.07) is 0.816. The minimum atomic E-state index is -4.97. The Bertz CT molecular complexity index is 1820. The summed E-state index contributed by atoms with van der Waals surface area (Å²) in [5.41, 5.74) is 2.86. The van der Waals surface area contributed by atoms with Gasteiger partial charge in [-0.15, -0.1) is 5.92 Å². The predicted molar refractivity (Wildman–Crippen MR) is 166 cm³/mol. The Morgan fingerprint density at radius 1 is 1.20 bits per heavy atom. The highest BCUT2D eigenvalue weighted by molar-refractivity contribution is 6.06. The molecule has 0 aliphatic carbocycles. The van der Waals surface area contributed by atoms with Gasteiger partial charge in [0.2, 0.25) is 11.8 Å². The molecule has 2 amide bonds. The number of rotatable bonds is 5. The molecule has 10 nitrogen and oxygen atoms in total. The molecule has 4 fully saturated rings. The van der Waals surface area contributed by atoms with Crippen LogP contribution in [-0.4, -0.2) is 65.0 Å². The van der Waals surface area contributed by atoms with Crippen LogP contribution in [0.1, 0.15) is 79.5 Å². The summed E-state index contributed by atoms with van der Waals surface area (Å²) >= 11 is 0. The van der Waals surface area contributed by atoms with Crippen molar-refractivity contribution in [1.82, 2.24) is 20.2 Å². The first-order chi connectivity index (χ1) is 23.4. The third-order valence-electron chi connectivity index (χ3n) is 10.5. The second-order valence-corrected chi connectivity index (χ2v) is 13.6. The first kappa shape index (κ1) is 33.2. The summed E-state index contributed by atoms with van der Waals surface area (Å²) in [4.78, 5) is 38.5. The number of alkyl halides is 3. The lowest BCUT2D eigenvalue weighted by atomic mass is 9.78. The maximum Gasteiger partial charge on any atom is 0.418 e. The van der Waals surface area contributed by atoms with Gasteiger partial charge in [0.1, 0.15) is 12.4 Å². The summed E-state index contributed by atoms with van der Waals surface area (Å²) < 4.78 is 84.9. The van der Waals surface area contributed by atoms with Crippen LogP contribution in [0.3, 0.4) is 0 Å². The number of imide groups is 1. The van der Waals surface area contributed by atoms with Gasteiger partial charge in [0.15, 0.2) is 5.82 Å². The number of nitrogens with zero attached hydrogens (tertiary/aromatic N) is 4. The van der Waals surface area contributed by atoms with E-state index in [1.807, 2.05) is 4.90 Å². The Morgan fingerprint density at radius 2 is 2.00 bits per heavy atom. The number of piperidine rings is 1. The van der Waals surface area contributed by atoms with Crippen molar-refractivity contribution in [3.05, 3.63) is 51.7 Å². The van der Waals surface area contributed by atoms with Crippen LogP contribution in [0.4, 0.5) is 33.5 Å². The summed E-state index contributed by atoms with van der Waals surface area (Å²) in [6.07, 6.45) is -2.79. The number of nitrogens with one attached hydrogen (secondary N) is 1. The van der Waals surface area contributed by atoms with Gasteiger partial charge in [-0.2, -0.15) is 23.1 Å². The Balaban J connectivity index is 1.28. The number of carbonyl (C=O) groups excluding carboxylic acids is 2. The number of nitrogens with two attached hydrogens (primary N) is 1. The van der Waals surface area contributed by atoms with Crippen LogP contribution < -0.4 is 20.7 Å². The molecule has 1 aromatic carbocycles. The van der Waals surface area contributed by atoms with E-state index in [-0.39, 0.29) is 56.1 Å². The van der Waals surface area contributed by atoms with Crippen molar-refractivity contribution < 1.29 is 41.0 Å². The van der Waals surface area contributed by atoms with Gasteiger partial charge in [0, 0.05) is 49.2 Å². The number of hydrogen-bond donors (Lipinski definition) is 2. The van der Waals surface area contributed by atoms with Crippen molar-refractivity contribution in [3.8, 4) is 17.9 Å². The quantitative estimate of drug-likeness (QED) is 0.203. The smallest absolute Gasteiger partial charge is 0.418 e. The van der Waals surface area contributed by atoms with E-state index in [9.17, 15) is 27.2 Å². The molecule has 2 unspecified atom stereocenters. The lowest BCUT2D eigenvalue weighted by Crippen LogP contribution is -2.48. The molecule has 15 heteroatoms. The van der Waals surface area contributed by atoms with E-state index in [1.54, 1.807) is 0 Å². The Hall–Kier alpha value is -4.29. The van der Waals surface area contributed by atoms with Crippen LogP contribution in [-0.2, 0) is 33.5 Å². The zero-order valence-corrected chi connectivity index (χ0v) is 26.8. The fraction of sp³-hybridized carbons (Fsp3) is 0.529. The van der Waals surface area contributed by atoms with Gasteiger partial charge in [0.05, 0.1) is 46.9 Å². The first-order valence-electron chi connectivity index (χ1n) is 16.2. The van der Waals surface area contributed by atoms with Gasteiger partial charge in [-0.05, 0) is 57.2 Å². The number of hydrogen-bond acceptors (Lipinski definition) is 9. The maximum absolute atomic E-state index is 15.6. The zero-order chi connectivity index (χ0) is 34.7. The minimum absolute atomic E-state index is 0.0260. The Labute approximate surface area is 279 Å². The van der Waals surface area contributed by atoms with E-state index in [4.69, 9.17) is 20.2 Å². The average Bonchev–Trinajstić information content (AvgIpc) is 3.69. The van der Waals surface area contributed by atoms with E-state index in [0.29, 0.717) is 55.6 Å². The van der Waals surface area contributed by atoms with Gasteiger partial charge in [0.25, 0.3) is 0 Å². The SMILES string of the molecule is CC#Cc1cc(N)c(F)c(C2Cc3nc(OC[C@@]45CCCN4C/C(=C/F)C5)nc(N4CCCC5(CC(=O)NC5=O)C4)c3CO2)c1C(F)(F)F. The predicted octanol–water partition coefficient (Wildman–Crippen LogP) is 4.51. The molecule has 5 aliphatic rings. The number of benzene rings is 1. The number of carbonyl (C=O) groups is 2. The van der Waals surface area contributed by atoms with Gasteiger partial charge in [-0.3, -0.25) is 19.8 Å². The Morgan fingerprint density at radius 3 is 2.71 bits per heavy atom. The molecule has 3 N–H and O–H groups in total. The normalized spacial score (nSPS) is 27.7. The van der Waals surface area contributed by atoms with Crippen LogP contribution in [0, 0.1) is 23.1 Å². The fourth-order valence-corrected chi connectivity index (χ4v) is 8.27. The van der Waals surface area contributed by atoms with Crippen LogP contribution >= 0.6 is 0 Å². The number of ether oxygens (including phenoxy) is 2. The number of fused-ring (bicyclic) bond motifs is 2. The van der Waals surface area contributed by atoms with E-state index in [1.165, 1.54) is 6.92 Å². The summed E-state index contributed by atoms with van der Waals surface area (Å²) in [5, 5.41) is 2.40. The summed E-state index contributed by atoms with van der Waals surface area (Å²) in [5.74, 6) is 3.23. The van der Waals surface area contributed by atoms with E-state index >= 15 is 4.39 Å². The molecule has 1 aromatic heterocycles. The lowest BCUT2D eigenvalue weighted by Gasteiger charge is -2.40. The molecule has 2 aromatic rings. The zero-order valence-electron chi connectivity index (χ0n) is 26.8. The second-order valence-electron chi connectivity index (χ2n) is 13.6. The number of anilines is 2. The second kappa shape index (κ2) is 12.2. The van der Waals surface area contributed by atoms with Crippen LogP contribution in [0.2, 0.25) is 0 Å². The van der Waals surface area contributed by atoms with Crippen molar-refractivity contribution in [2.24, 2.45) is 5.41 Å². The highest BCUT2D eigenvalue weighted by Gasteiger charge is 2.51. The first-order valence-corrected chi connectivity index (χ1v) is 16.2. The summed E-state index contributed by atoms with van der Waals surface area (Å²) in [6.45, 7) is 3.15. The van der Waals surface area contributed by atoms with Gasteiger partial charge in [-0.1, -0.05) is 5.92 Å². The topological polar surface area (TPSA) is 123 Å². The molecule has 6 heterocycles. The molecule has 260 valence electrons. The van der Waals surface area contributed by atoms with Crippen molar-refractivity contribution in [2.45, 2.75) is 76.3 Å². The largest absolute Gasteiger partial charge is 0.461 e. The number of nitrogen functional groups attached to an aromatic ring is 1. The number of amides is 2. The van der Waals surface area contributed by atoms with Crippen molar-refractivity contribution in [2.75, 3.05) is 43.4 Å². The van der Waals surface area contributed by atoms with Gasteiger partial charge < -0.3 is 20.1 Å². The standard InChI is InChI=1S/C34H35F5N6O4/c1-2-5-20-10-22(40)28(36)26(27(20)34(37,38)39)24-11-23-21(16-48-24)29(44-8-3-6-32(17-44)13-25(46)42-30(32)47)43-31(41-23)49-18-33-7-4-9-45(33)15-19(12-33)14-35/h10,14,24H,3-4,6-9,11-13,15-18,40H2,1H3,(H,42,46,47)/b19-14+/t24?,32?,33-/m0/s1. The molecular formula is C34H35F5N6O4. The van der Waals surface area contributed by atoms with Gasteiger partial charge in [-0.25, -0.2) is 8.78 Å². The summed E-state index contributed by atoms with van der Waals surface area (Å²) in [7, 11) is 0. The van der Waals surface area contributed by atoms with Crippen LogP contribution in [0.5, 0.6) is 6.01 Å². The number of aromatic nitrogens is 2. The molecule has 0 radical (unpaired) electrons. The van der Waals surface area contributed by atoms with Gasteiger partial charge >= 0.3 is 12.2 Å². The highest BCUT2D eigenvalue weighted by Crippen LogP contribution is 2.46. The Kier molecular flexibility index (Phi) is 8.30. The maximum atomic E-state index is 15.6. The van der Waals surface area contributed by atoms with Crippen LogP contribution in [0.15, 0.2) is 18.0 Å². The van der Waals surface area contributed by atoms with Crippen LogP contribution in [0.25, 0.3) is 0 Å². The highest BCUT2D eigenvalue weighted by atomic mass is 19.4. The molecule has 7 rings (SSSR count). The molecule has 1 spiro atoms. The molecule has 0 bridgehead atoms. The van der Waals surface area contributed by atoms with Crippen molar-refractivity contribution in [1.29, 1.82) is 0 Å². The lowest BCUT2D eigenvalue weighted by molar-refractivity contribution is -0.140. The van der Waals surface area contributed by atoms with E-state index in [0.717, 1.165) is 25.5 Å². The molecular weight excluding hydrogens is 651 g/mol. The molecule has 5 aliphatic heterocycles. The van der Waals surface area contributed by atoms with Crippen molar-refractivity contribution >= 4 is 23.3 Å².